The first-order valence-electron chi connectivity index (χ1n) is 7.39. The van der Waals surface area contributed by atoms with Gasteiger partial charge in [-0.1, -0.05) is 48.6 Å². The Morgan fingerprint density at radius 2 is 1.29 bits per heavy atom. The molecule has 0 radical (unpaired) electrons. The molecule has 1 aliphatic rings. The van der Waals surface area contributed by atoms with Gasteiger partial charge in [0.2, 0.25) is 9.84 Å². The molecule has 1 atom stereocenters. The molecule has 2 aromatic carbocycles. The van der Waals surface area contributed by atoms with Crippen molar-refractivity contribution in [2.45, 2.75) is 21.5 Å². The molecular weight excluding hydrogens is 344 g/mol. The van der Waals surface area contributed by atoms with Crippen molar-refractivity contribution in [1.82, 2.24) is 0 Å². The summed E-state index contributed by atoms with van der Waals surface area (Å²) in [4.78, 5) is 0.473. The molecule has 0 saturated carbocycles. The van der Waals surface area contributed by atoms with Crippen LogP contribution in [0.5, 0.6) is 0 Å². The van der Waals surface area contributed by atoms with Crippen molar-refractivity contribution >= 4 is 19.7 Å². The zero-order valence-electron chi connectivity index (χ0n) is 12.7. The second-order valence-corrected chi connectivity index (χ2v) is 9.60. The van der Waals surface area contributed by atoms with Crippen LogP contribution in [0.15, 0.2) is 93.6 Å². The lowest BCUT2D eigenvalue weighted by Gasteiger charge is -2.19. The van der Waals surface area contributed by atoms with E-state index in [1.807, 2.05) is 0 Å². The Labute approximate surface area is 142 Å². The van der Waals surface area contributed by atoms with Crippen molar-refractivity contribution in [3.63, 3.8) is 0 Å². The number of rotatable bonds is 4. The lowest BCUT2D eigenvalue weighted by molar-refractivity contribution is 0.586. The van der Waals surface area contributed by atoms with Crippen molar-refractivity contribution in [3.05, 3.63) is 83.8 Å². The Morgan fingerprint density at radius 1 is 0.750 bits per heavy atom. The van der Waals surface area contributed by atoms with Gasteiger partial charge < -0.3 is 0 Å². The van der Waals surface area contributed by atoms with Gasteiger partial charge in [-0.05, 0) is 30.3 Å². The molecule has 0 amide bonds. The molecule has 0 aromatic heterocycles. The molecule has 124 valence electrons. The first-order valence-corrected chi connectivity index (χ1v) is 10.4. The predicted octanol–water partition coefficient (Wildman–Crippen LogP) is 3.15. The lowest BCUT2D eigenvalue weighted by Crippen LogP contribution is -2.23. The van der Waals surface area contributed by atoms with Gasteiger partial charge in [0, 0.05) is 6.42 Å². The molecule has 1 unspecified atom stereocenters. The third kappa shape index (κ3) is 3.07. The van der Waals surface area contributed by atoms with Crippen LogP contribution in [0.25, 0.3) is 0 Å². The average Bonchev–Trinajstić information content (AvgIpc) is 2.63. The van der Waals surface area contributed by atoms with Crippen molar-refractivity contribution in [2.75, 3.05) is 0 Å². The molecule has 1 aliphatic carbocycles. The van der Waals surface area contributed by atoms with Crippen LogP contribution in [0.1, 0.15) is 6.42 Å². The van der Waals surface area contributed by atoms with Crippen LogP contribution in [0.2, 0.25) is 0 Å². The number of benzene rings is 2. The van der Waals surface area contributed by atoms with Gasteiger partial charge in [0.05, 0.1) is 19.9 Å². The van der Waals surface area contributed by atoms with E-state index in [1.54, 1.807) is 36.4 Å². The molecule has 6 heteroatoms. The van der Waals surface area contributed by atoms with Crippen LogP contribution >= 0.6 is 0 Å². The number of hydrogen-bond acceptors (Lipinski definition) is 4. The van der Waals surface area contributed by atoms with Crippen LogP contribution in [-0.2, 0) is 19.7 Å². The summed E-state index contributed by atoms with van der Waals surface area (Å²) in [5, 5.41) is -0.890. The highest BCUT2D eigenvalue weighted by atomic mass is 32.2. The van der Waals surface area contributed by atoms with Crippen molar-refractivity contribution < 1.29 is 16.8 Å². The largest absolute Gasteiger partial charge is 0.223 e. The van der Waals surface area contributed by atoms with Crippen molar-refractivity contribution in [2.24, 2.45) is 0 Å². The maximum atomic E-state index is 12.7. The molecule has 0 spiro atoms. The van der Waals surface area contributed by atoms with E-state index in [0.717, 1.165) is 0 Å². The van der Waals surface area contributed by atoms with E-state index in [9.17, 15) is 16.8 Å². The zero-order valence-corrected chi connectivity index (χ0v) is 14.4. The van der Waals surface area contributed by atoms with Gasteiger partial charge in [0.15, 0.2) is 9.84 Å². The van der Waals surface area contributed by atoms with Crippen molar-refractivity contribution in [3.8, 4) is 0 Å². The number of allylic oxidation sites excluding steroid dienone is 3. The standard InChI is InChI=1S/C18H16O4S2/c19-23(20,15-8-3-1-4-9-15)17-12-7-13-18(14-17)24(21,22)16-10-5-2-6-11-16/h1-13,17H,14H2. The fourth-order valence-electron chi connectivity index (χ4n) is 2.57. The minimum absolute atomic E-state index is 0.0645. The quantitative estimate of drug-likeness (QED) is 0.840. The van der Waals surface area contributed by atoms with Crippen LogP contribution in [0, 0.1) is 0 Å². The molecule has 0 saturated heterocycles. The Hall–Kier alpha value is -2.18. The monoisotopic (exact) mass is 360 g/mol. The van der Waals surface area contributed by atoms with Crippen molar-refractivity contribution in [1.29, 1.82) is 0 Å². The van der Waals surface area contributed by atoms with E-state index < -0.39 is 24.9 Å². The molecule has 0 bridgehead atoms. The van der Waals surface area contributed by atoms with E-state index in [-0.39, 0.29) is 21.1 Å². The molecule has 2 aromatic rings. The highest BCUT2D eigenvalue weighted by Crippen LogP contribution is 2.30. The Morgan fingerprint density at radius 3 is 1.88 bits per heavy atom. The summed E-state index contributed by atoms with van der Waals surface area (Å²) in [5.74, 6) is 0. The maximum absolute atomic E-state index is 12.7. The summed E-state index contributed by atoms with van der Waals surface area (Å²) in [6.45, 7) is 0. The zero-order chi connectivity index (χ0) is 17.2. The van der Waals surface area contributed by atoms with Gasteiger partial charge in [0.1, 0.15) is 0 Å². The first kappa shape index (κ1) is 16.7. The molecule has 0 N–H and O–H groups in total. The molecule has 4 nitrogen and oxygen atoms in total. The van der Waals surface area contributed by atoms with E-state index in [1.165, 1.54) is 42.5 Å². The molecule has 0 fully saturated rings. The second kappa shape index (κ2) is 6.37. The third-order valence-electron chi connectivity index (χ3n) is 3.88. The fraction of sp³-hybridized carbons (Fsp3) is 0.111. The molecule has 0 aliphatic heterocycles. The molecule has 0 heterocycles. The normalized spacial score (nSPS) is 18.2. The summed E-state index contributed by atoms with van der Waals surface area (Å²) < 4.78 is 50.8. The minimum Gasteiger partial charge on any atom is -0.223 e. The topological polar surface area (TPSA) is 68.3 Å². The molecule has 3 rings (SSSR count). The van der Waals surface area contributed by atoms with E-state index in [0.29, 0.717) is 0 Å². The number of hydrogen-bond donors (Lipinski definition) is 0. The summed E-state index contributed by atoms with van der Waals surface area (Å²) in [5.41, 5.74) is 0. The Balaban J connectivity index is 1.94. The minimum atomic E-state index is -3.69. The third-order valence-corrected chi connectivity index (χ3v) is 7.82. The number of sulfone groups is 2. The first-order chi connectivity index (χ1) is 11.4. The molecule has 24 heavy (non-hydrogen) atoms. The summed E-state index contributed by atoms with van der Waals surface area (Å²) in [6.07, 6.45) is 4.45. The molecular formula is C18H16O4S2. The van der Waals surface area contributed by atoms with Gasteiger partial charge >= 0.3 is 0 Å². The van der Waals surface area contributed by atoms with Gasteiger partial charge in [-0.2, -0.15) is 0 Å². The van der Waals surface area contributed by atoms with Gasteiger partial charge in [-0.25, -0.2) is 16.8 Å². The highest BCUT2D eigenvalue weighted by molar-refractivity contribution is 7.95. The van der Waals surface area contributed by atoms with Crippen LogP contribution < -0.4 is 0 Å². The van der Waals surface area contributed by atoms with E-state index in [4.69, 9.17) is 0 Å². The van der Waals surface area contributed by atoms with E-state index in [2.05, 4.69) is 0 Å². The second-order valence-electron chi connectivity index (χ2n) is 5.44. The van der Waals surface area contributed by atoms with E-state index >= 15 is 0 Å². The highest BCUT2D eigenvalue weighted by Gasteiger charge is 2.32. The predicted molar refractivity (Wildman–Crippen MR) is 92.9 cm³/mol. The van der Waals surface area contributed by atoms with Gasteiger partial charge in [0.25, 0.3) is 0 Å². The summed E-state index contributed by atoms with van der Waals surface area (Å²) in [7, 11) is -7.32. The summed E-state index contributed by atoms with van der Waals surface area (Å²) >= 11 is 0. The van der Waals surface area contributed by atoms with Gasteiger partial charge in [-0.3, -0.25) is 0 Å². The average molecular weight is 360 g/mol. The lowest BCUT2D eigenvalue weighted by atomic mass is 10.2. The van der Waals surface area contributed by atoms with Gasteiger partial charge in [-0.15, -0.1) is 0 Å². The Kier molecular flexibility index (Phi) is 4.43. The Bertz CT molecular complexity index is 987. The van der Waals surface area contributed by atoms with Crippen LogP contribution in [-0.4, -0.2) is 22.1 Å². The van der Waals surface area contributed by atoms with Crippen LogP contribution in [0.4, 0.5) is 0 Å². The smallest absolute Gasteiger partial charge is 0.202 e. The maximum Gasteiger partial charge on any atom is 0.202 e. The van der Waals surface area contributed by atoms with Crippen LogP contribution in [0.3, 0.4) is 0 Å². The SMILES string of the molecule is O=S(=O)(C1=CC=CC(S(=O)(=O)c2ccccc2)C1)c1ccccc1. The fourth-order valence-corrected chi connectivity index (χ4v) is 5.73. The summed E-state index contributed by atoms with van der Waals surface area (Å²) in [6, 6.07) is 16.1.